The second-order valence-corrected chi connectivity index (χ2v) is 3.56. The first-order chi connectivity index (χ1) is 8.17. The molecular formula is C12H13N3O2. The molecule has 0 unspecified atom stereocenters. The average Bonchev–Trinajstić information content (AvgIpc) is 2.73. The summed E-state index contributed by atoms with van der Waals surface area (Å²) >= 11 is 0. The van der Waals surface area contributed by atoms with Crippen LogP contribution in [0.5, 0.6) is 0 Å². The molecule has 0 aliphatic rings. The van der Waals surface area contributed by atoms with Crippen LogP contribution >= 0.6 is 0 Å². The Labute approximate surface area is 98.7 Å². The summed E-state index contributed by atoms with van der Waals surface area (Å²) in [6.45, 7) is 7.65. The quantitative estimate of drug-likeness (QED) is 0.756. The van der Waals surface area contributed by atoms with Crippen molar-refractivity contribution in [3.63, 3.8) is 0 Å². The first kappa shape index (κ1) is 11.3. The predicted molar refractivity (Wildman–Crippen MR) is 63.8 cm³/mol. The minimum absolute atomic E-state index is 0.326. The van der Waals surface area contributed by atoms with Gasteiger partial charge in [-0.15, -0.1) is 0 Å². The zero-order valence-corrected chi connectivity index (χ0v) is 9.80. The van der Waals surface area contributed by atoms with Crippen LogP contribution in [-0.4, -0.2) is 27.2 Å². The average molecular weight is 231 g/mol. The lowest BCUT2D eigenvalue weighted by Gasteiger charge is -2.03. The van der Waals surface area contributed by atoms with Crippen LogP contribution in [-0.2, 0) is 4.74 Å². The van der Waals surface area contributed by atoms with Gasteiger partial charge in [0.2, 0.25) is 0 Å². The fraction of sp³-hybridized carbons (Fsp3) is 0.250. The predicted octanol–water partition coefficient (Wildman–Crippen LogP) is 1.86. The number of carbonyl (C=O) groups excluding carboxylic acids is 1. The summed E-state index contributed by atoms with van der Waals surface area (Å²) in [4.78, 5) is 15.8. The van der Waals surface area contributed by atoms with E-state index in [0.29, 0.717) is 23.6 Å². The Balaban J connectivity index is 2.62. The van der Waals surface area contributed by atoms with Crippen molar-refractivity contribution in [2.24, 2.45) is 0 Å². The highest BCUT2D eigenvalue weighted by Gasteiger charge is 2.15. The highest BCUT2D eigenvalue weighted by molar-refractivity contribution is 5.88. The van der Waals surface area contributed by atoms with Gasteiger partial charge in [0.15, 0.2) is 11.3 Å². The van der Waals surface area contributed by atoms with Gasteiger partial charge in [0, 0.05) is 0 Å². The van der Waals surface area contributed by atoms with Crippen molar-refractivity contribution in [1.82, 2.24) is 14.6 Å². The van der Waals surface area contributed by atoms with E-state index in [1.807, 2.05) is 13.0 Å². The Bertz CT molecular complexity index is 587. The fourth-order valence-corrected chi connectivity index (χ4v) is 1.59. The number of ether oxygens (including phenoxy) is 1. The zero-order valence-electron chi connectivity index (χ0n) is 9.80. The van der Waals surface area contributed by atoms with Crippen LogP contribution in [0.15, 0.2) is 18.8 Å². The van der Waals surface area contributed by atoms with Gasteiger partial charge in [-0.1, -0.05) is 6.58 Å². The molecule has 2 aromatic heterocycles. The van der Waals surface area contributed by atoms with E-state index >= 15 is 0 Å². The van der Waals surface area contributed by atoms with Crippen LogP contribution in [0, 0.1) is 6.92 Å². The molecule has 88 valence electrons. The van der Waals surface area contributed by atoms with Gasteiger partial charge in [0.25, 0.3) is 0 Å². The second kappa shape index (κ2) is 4.37. The van der Waals surface area contributed by atoms with Crippen molar-refractivity contribution in [2.75, 3.05) is 6.61 Å². The number of hydrogen-bond donors (Lipinski definition) is 0. The molecule has 17 heavy (non-hydrogen) atoms. The summed E-state index contributed by atoms with van der Waals surface area (Å²) in [5, 5.41) is 4.25. The molecule has 2 rings (SSSR count). The maximum atomic E-state index is 11.7. The zero-order chi connectivity index (χ0) is 12.4. The standard InChI is InChI=1S/C12H13N3O2/c1-4-9-6-8(3)11-13-7-10(15(11)14-9)12(16)17-5-2/h4,6-7H,1,5H2,2-3H3. The number of aromatic nitrogens is 3. The molecular weight excluding hydrogens is 218 g/mol. The molecule has 0 spiro atoms. The number of aryl methyl sites for hydroxylation is 1. The van der Waals surface area contributed by atoms with Crippen LogP contribution in [0.4, 0.5) is 0 Å². The first-order valence-corrected chi connectivity index (χ1v) is 5.32. The van der Waals surface area contributed by atoms with Gasteiger partial charge in [-0.05, 0) is 31.6 Å². The molecule has 0 aliphatic carbocycles. The lowest BCUT2D eigenvalue weighted by Crippen LogP contribution is -2.10. The van der Waals surface area contributed by atoms with Crippen LogP contribution in [0.25, 0.3) is 11.7 Å². The maximum Gasteiger partial charge on any atom is 0.358 e. The van der Waals surface area contributed by atoms with Gasteiger partial charge in [0.05, 0.1) is 18.5 Å². The molecule has 5 heteroatoms. The second-order valence-electron chi connectivity index (χ2n) is 3.56. The Kier molecular flexibility index (Phi) is 2.91. The summed E-state index contributed by atoms with van der Waals surface area (Å²) in [6.07, 6.45) is 3.10. The molecule has 0 bridgehead atoms. The van der Waals surface area contributed by atoms with E-state index in [9.17, 15) is 4.79 Å². The van der Waals surface area contributed by atoms with Gasteiger partial charge >= 0.3 is 5.97 Å². The summed E-state index contributed by atoms with van der Waals surface area (Å²) in [7, 11) is 0. The number of fused-ring (bicyclic) bond motifs is 1. The first-order valence-electron chi connectivity index (χ1n) is 5.32. The van der Waals surface area contributed by atoms with Crippen LogP contribution in [0.2, 0.25) is 0 Å². The van der Waals surface area contributed by atoms with Gasteiger partial charge in [-0.2, -0.15) is 5.10 Å². The molecule has 0 fully saturated rings. The summed E-state index contributed by atoms with van der Waals surface area (Å²) in [6, 6.07) is 1.87. The van der Waals surface area contributed by atoms with E-state index in [2.05, 4.69) is 16.7 Å². The van der Waals surface area contributed by atoms with Crippen molar-refractivity contribution in [3.8, 4) is 0 Å². The summed E-state index contributed by atoms with van der Waals surface area (Å²) in [5.74, 6) is -0.423. The molecule has 5 nitrogen and oxygen atoms in total. The number of imidazole rings is 1. The van der Waals surface area contributed by atoms with E-state index in [0.717, 1.165) is 5.56 Å². The van der Waals surface area contributed by atoms with Crippen LogP contribution in [0.3, 0.4) is 0 Å². The smallest absolute Gasteiger partial charge is 0.358 e. The van der Waals surface area contributed by atoms with Gasteiger partial charge in [0.1, 0.15) is 0 Å². The third-order valence-corrected chi connectivity index (χ3v) is 2.36. The fourth-order valence-electron chi connectivity index (χ4n) is 1.59. The van der Waals surface area contributed by atoms with E-state index < -0.39 is 5.97 Å². The number of carbonyl (C=O) groups is 1. The summed E-state index contributed by atoms with van der Waals surface area (Å²) < 4.78 is 6.43. The molecule has 0 radical (unpaired) electrons. The molecule has 0 saturated carbocycles. The molecule has 2 heterocycles. The maximum absolute atomic E-state index is 11.7. The molecule has 0 aliphatic heterocycles. The Morgan fingerprint density at radius 3 is 3.06 bits per heavy atom. The van der Waals surface area contributed by atoms with Crippen molar-refractivity contribution >= 4 is 17.7 Å². The van der Waals surface area contributed by atoms with Crippen LogP contribution in [0.1, 0.15) is 28.7 Å². The van der Waals surface area contributed by atoms with Crippen molar-refractivity contribution in [1.29, 1.82) is 0 Å². The monoisotopic (exact) mass is 231 g/mol. The normalized spacial score (nSPS) is 10.5. The molecule has 0 saturated heterocycles. The Hall–Kier alpha value is -2.17. The molecule has 0 amide bonds. The number of esters is 1. The Morgan fingerprint density at radius 1 is 1.65 bits per heavy atom. The highest BCUT2D eigenvalue weighted by Crippen LogP contribution is 2.13. The topological polar surface area (TPSA) is 56.5 Å². The van der Waals surface area contributed by atoms with Gasteiger partial charge < -0.3 is 4.74 Å². The number of nitrogens with zero attached hydrogens (tertiary/aromatic N) is 3. The molecule has 0 atom stereocenters. The van der Waals surface area contributed by atoms with Crippen LogP contribution < -0.4 is 0 Å². The van der Waals surface area contributed by atoms with E-state index in [4.69, 9.17) is 4.74 Å². The number of hydrogen-bond acceptors (Lipinski definition) is 4. The minimum Gasteiger partial charge on any atom is -0.461 e. The largest absolute Gasteiger partial charge is 0.461 e. The third-order valence-electron chi connectivity index (χ3n) is 2.36. The lowest BCUT2D eigenvalue weighted by atomic mass is 10.3. The molecule has 2 aromatic rings. The van der Waals surface area contributed by atoms with Crippen molar-refractivity contribution in [3.05, 3.63) is 35.8 Å². The molecule has 0 N–H and O–H groups in total. The van der Waals surface area contributed by atoms with Crippen molar-refractivity contribution < 1.29 is 9.53 Å². The lowest BCUT2D eigenvalue weighted by molar-refractivity contribution is 0.0516. The van der Waals surface area contributed by atoms with Crippen molar-refractivity contribution in [2.45, 2.75) is 13.8 Å². The number of rotatable bonds is 3. The van der Waals surface area contributed by atoms with E-state index in [1.54, 1.807) is 13.0 Å². The van der Waals surface area contributed by atoms with Gasteiger partial charge in [-0.25, -0.2) is 14.3 Å². The SMILES string of the molecule is C=Cc1cc(C)c2ncc(C(=O)OCC)n2n1. The highest BCUT2D eigenvalue weighted by atomic mass is 16.5. The summed E-state index contributed by atoms with van der Waals surface area (Å²) in [5.41, 5.74) is 2.61. The third kappa shape index (κ3) is 1.91. The van der Waals surface area contributed by atoms with Gasteiger partial charge in [-0.3, -0.25) is 0 Å². The Morgan fingerprint density at radius 2 is 2.41 bits per heavy atom. The minimum atomic E-state index is -0.423. The van der Waals surface area contributed by atoms with E-state index in [1.165, 1.54) is 10.7 Å². The van der Waals surface area contributed by atoms with E-state index in [-0.39, 0.29) is 0 Å². The molecule has 0 aromatic carbocycles.